The number of benzene rings is 2. The summed E-state index contributed by atoms with van der Waals surface area (Å²) < 4.78 is 2.22. The zero-order valence-electron chi connectivity index (χ0n) is 18.6. The first-order valence-corrected chi connectivity index (χ1v) is 12.6. The van der Waals surface area contributed by atoms with Crippen LogP contribution in [0.15, 0.2) is 78.2 Å². The van der Waals surface area contributed by atoms with Gasteiger partial charge in [0.25, 0.3) is 5.91 Å². The van der Waals surface area contributed by atoms with Gasteiger partial charge in [-0.1, -0.05) is 73.5 Å². The average Bonchev–Trinajstić information content (AvgIpc) is 3.21. The number of nitrogens with zero attached hydrogens (tertiary/aromatic N) is 3. The molecule has 0 unspecified atom stereocenters. The lowest BCUT2D eigenvalue weighted by molar-refractivity contribution is 0.0927. The molecule has 2 aromatic heterocycles. The third-order valence-electron chi connectivity index (χ3n) is 6.22. The SMILES string of the molecule is O=C(NC1CCCCC1)c1ccc(Cn2c(SCc3ccccc3)nc3ccncc32)cc1. The second-order valence-corrected chi connectivity index (χ2v) is 9.57. The van der Waals surface area contributed by atoms with Crippen LogP contribution in [0.1, 0.15) is 53.6 Å². The maximum atomic E-state index is 12.7. The zero-order valence-corrected chi connectivity index (χ0v) is 19.4. The summed E-state index contributed by atoms with van der Waals surface area (Å²) in [6.07, 6.45) is 9.55. The Kier molecular flexibility index (Phi) is 6.72. The second-order valence-electron chi connectivity index (χ2n) is 8.62. The highest BCUT2D eigenvalue weighted by atomic mass is 32.2. The molecule has 2 aromatic carbocycles. The van der Waals surface area contributed by atoms with E-state index in [0.29, 0.717) is 12.6 Å². The Labute approximate surface area is 198 Å². The number of hydrogen-bond donors (Lipinski definition) is 1. The third kappa shape index (κ3) is 5.28. The van der Waals surface area contributed by atoms with Crippen LogP contribution in [0.3, 0.4) is 0 Å². The van der Waals surface area contributed by atoms with E-state index in [0.717, 1.165) is 45.9 Å². The number of fused-ring (bicyclic) bond motifs is 1. The van der Waals surface area contributed by atoms with Gasteiger partial charge in [0.05, 0.1) is 23.8 Å². The van der Waals surface area contributed by atoms with Crippen molar-refractivity contribution in [3.05, 3.63) is 89.7 Å². The van der Waals surface area contributed by atoms with Crippen LogP contribution < -0.4 is 5.32 Å². The lowest BCUT2D eigenvalue weighted by atomic mass is 9.95. The molecule has 1 amide bonds. The number of thioether (sulfide) groups is 1. The van der Waals surface area contributed by atoms with Gasteiger partial charge in [-0.15, -0.1) is 0 Å². The fourth-order valence-corrected chi connectivity index (χ4v) is 5.36. The molecular formula is C27H28N4OS. The van der Waals surface area contributed by atoms with E-state index in [1.807, 2.05) is 42.6 Å². The van der Waals surface area contributed by atoms with Crippen LogP contribution >= 0.6 is 11.8 Å². The molecule has 5 rings (SSSR count). The Hall–Kier alpha value is -3.12. The van der Waals surface area contributed by atoms with Crippen LogP contribution in [0.2, 0.25) is 0 Å². The van der Waals surface area contributed by atoms with Crippen molar-refractivity contribution in [2.45, 2.75) is 55.6 Å². The minimum atomic E-state index is 0.0323. The number of imidazole rings is 1. The van der Waals surface area contributed by atoms with E-state index >= 15 is 0 Å². The number of amides is 1. The van der Waals surface area contributed by atoms with Gasteiger partial charge in [-0.05, 0) is 42.2 Å². The van der Waals surface area contributed by atoms with E-state index < -0.39 is 0 Å². The molecule has 0 atom stereocenters. The summed E-state index contributed by atoms with van der Waals surface area (Å²) in [5, 5.41) is 4.17. The molecule has 4 aromatic rings. The van der Waals surface area contributed by atoms with E-state index in [1.54, 1.807) is 18.0 Å². The number of nitrogens with one attached hydrogen (secondary N) is 1. The second kappa shape index (κ2) is 10.2. The lowest BCUT2D eigenvalue weighted by Crippen LogP contribution is -2.36. The quantitative estimate of drug-likeness (QED) is 0.355. The predicted molar refractivity (Wildman–Crippen MR) is 133 cm³/mol. The molecule has 0 radical (unpaired) electrons. The van der Waals surface area contributed by atoms with E-state index in [4.69, 9.17) is 4.98 Å². The monoisotopic (exact) mass is 456 g/mol. The molecule has 1 aliphatic carbocycles. The molecular weight excluding hydrogens is 428 g/mol. The fourth-order valence-electron chi connectivity index (χ4n) is 4.39. The van der Waals surface area contributed by atoms with Crippen molar-refractivity contribution < 1.29 is 4.79 Å². The Morgan fingerprint density at radius 2 is 1.76 bits per heavy atom. The van der Waals surface area contributed by atoms with Crippen LogP contribution in [-0.4, -0.2) is 26.5 Å². The van der Waals surface area contributed by atoms with Crippen molar-refractivity contribution in [3.63, 3.8) is 0 Å². The van der Waals surface area contributed by atoms with Crippen molar-refractivity contribution in [3.8, 4) is 0 Å². The summed E-state index contributed by atoms with van der Waals surface area (Å²) in [4.78, 5) is 21.8. The highest BCUT2D eigenvalue weighted by molar-refractivity contribution is 7.98. The van der Waals surface area contributed by atoms with Crippen LogP contribution in [0.5, 0.6) is 0 Å². The molecule has 6 heteroatoms. The molecule has 33 heavy (non-hydrogen) atoms. The molecule has 5 nitrogen and oxygen atoms in total. The number of aromatic nitrogens is 3. The largest absolute Gasteiger partial charge is 0.349 e. The molecule has 0 spiro atoms. The number of pyridine rings is 1. The van der Waals surface area contributed by atoms with Gasteiger partial charge >= 0.3 is 0 Å². The standard InChI is InChI=1S/C27H28N4OS/c32-26(29-23-9-5-2-6-10-23)22-13-11-20(12-14-22)18-31-25-17-28-16-15-24(25)30-27(31)33-19-21-7-3-1-4-8-21/h1,3-4,7-8,11-17,23H,2,5-6,9-10,18-19H2,(H,29,32). The normalized spacial score (nSPS) is 14.4. The summed E-state index contributed by atoms with van der Waals surface area (Å²) in [6, 6.07) is 20.7. The summed E-state index contributed by atoms with van der Waals surface area (Å²) in [7, 11) is 0. The van der Waals surface area contributed by atoms with Gasteiger partial charge in [0.1, 0.15) is 0 Å². The van der Waals surface area contributed by atoms with Crippen LogP contribution in [0.4, 0.5) is 0 Å². The van der Waals surface area contributed by atoms with Crippen LogP contribution in [0, 0.1) is 0 Å². The predicted octanol–water partition coefficient (Wildman–Crippen LogP) is 5.83. The summed E-state index contributed by atoms with van der Waals surface area (Å²) >= 11 is 1.73. The van der Waals surface area contributed by atoms with Gasteiger partial charge in [0.2, 0.25) is 0 Å². The summed E-state index contributed by atoms with van der Waals surface area (Å²) in [5.41, 5.74) is 5.10. The molecule has 1 N–H and O–H groups in total. The maximum Gasteiger partial charge on any atom is 0.251 e. The highest BCUT2D eigenvalue weighted by Gasteiger charge is 2.17. The first-order chi connectivity index (χ1) is 16.3. The minimum absolute atomic E-state index is 0.0323. The van der Waals surface area contributed by atoms with Gasteiger partial charge in [-0.2, -0.15) is 0 Å². The first kappa shape index (κ1) is 21.7. The lowest BCUT2D eigenvalue weighted by Gasteiger charge is -2.22. The van der Waals surface area contributed by atoms with Gasteiger partial charge in [0, 0.05) is 23.6 Å². The molecule has 0 bridgehead atoms. The van der Waals surface area contributed by atoms with Gasteiger partial charge in [-0.25, -0.2) is 4.98 Å². The highest BCUT2D eigenvalue weighted by Crippen LogP contribution is 2.27. The number of carbonyl (C=O) groups is 1. The van der Waals surface area contributed by atoms with Crippen molar-refractivity contribution in [2.75, 3.05) is 0 Å². The Balaban J connectivity index is 1.32. The average molecular weight is 457 g/mol. The van der Waals surface area contributed by atoms with E-state index in [-0.39, 0.29) is 5.91 Å². The number of hydrogen-bond acceptors (Lipinski definition) is 4. The van der Waals surface area contributed by atoms with Crippen LogP contribution in [0.25, 0.3) is 11.0 Å². The topological polar surface area (TPSA) is 59.8 Å². The fraction of sp³-hybridized carbons (Fsp3) is 0.296. The Bertz CT molecular complexity index is 1210. The first-order valence-electron chi connectivity index (χ1n) is 11.6. The number of rotatable bonds is 7. The van der Waals surface area contributed by atoms with Gasteiger partial charge in [0.15, 0.2) is 5.16 Å². The van der Waals surface area contributed by atoms with Crippen LogP contribution in [-0.2, 0) is 12.3 Å². The minimum Gasteiger partial charge on any atom is -0.349 e. The zero-order chi connectivity index (χ0) is 22.5. The third-order valence-corrected chi connectivity index (χ3v) is 7.27. The molecule has 0 aliphatic heterocycles. The molecule has 1 saturated carbocycles. The van der Waals surface area contributed by atoms with Crippen molar-refractivity contribution in [2.24, 2.45) is 0 Å². The molecule has 2 heterocycles. The summed E-state index contributed by atoms with van der Waals surface area (Å²) in [6.45, 7) is 0.684. The van der Waals surface area contributed by atoms with E-state index in [1.165, 1.54) is 24.8 Å². The van der Waals surface area contributed by atoms with Gasteiger partial charge < -0.3 is 9.88 Å². The maximum absolute atomic E-state index is 12.7. The molecule has 168 valence electrons. The number of carbonyl (C=O) groups excluding carboxylic acids is 1. The van der Waals surface area contributed by atoms with E-state index in [9.17, 15) is 4.79 Å². The Morgan fingerprint density at radius 1 is 0.970 bits per heavy atom. The Morgan fingerprint density at radius 3 is 2.55 bits per heavy atom. The van der Waals surface area contributed by atoms with Crippen molar-refractivity contribution >= 4 is 28.7 Å². The van der Waals surface area contributed by atoms with Gasteiger partial charge in [-0.3, -0.25) is 9.78 Å². The van der Waals surface area contributed by atoms with Crippen molar-refractivity contribution in [1.29, 1.82) is 0 Å². The molecule has 1 fully saturated rings. The molecule has 1 aliphatic rings. The van der Waals surface area contributed by atoms with E-state index in [2.05, 4.69) is 39.1 Å². The van der Waals surface area contributed by atoms with Crippen molar-refractivity contribution in [1.82, 2.24) is 19.9 Å². The molecule has 0 saturated heterocycles. The summed E-state index contributed by atoms with van der Waals surface area (Å²) in [5.74, 6) is 0.891. The smallest absolute Gasteiger partial charge is 0.251 e.